The standard InChI is InChI=1S/C55H86O24/c1-10-23(2)46(71)79-43-44(72-24(3)60)55(22-59)26(17-50(43,4)5)25-11-12-30-51(6)15-14-32(52(7,21-58)29(51)13-16-53(30,8)54(25,9)18-31(55)61)75-49-41(77-48-38(67)36(65)34(63)28(20-57)74-48)39(68)40(42(78-49)45(69)70)76-47-37(66)35(64)33(62)27(19-56)73-47/h10-11,26-44,47-49,56-59,61-68H,12-22H2,1-9H3,(H,69,70)/b23-10+/t26?,27-,28-,29?,30?,31-,32+,33-,34-,35+,36+,37-,38-,39+,40+,41-,42+,43+,44+,47+,48+,49?,51+,52-,53-,54-,55+/m1/s1. The molecule has 8 aliphatic rings. The Morgan fingerprint density at radius 2 is 1.24 bits per heavy atom. The molecule has 27 atom stereocenters. The van der Waals surface area contributed by atoms with Crippen LogP contribution in [0.15, 0.2) is 23.3 Å². The number of carboxylic acid groups (broad SMARTS) is 1. The lowest BCUT2D eigenvalue weighted by molar-refractivity contribution is -0.392. The SMILES string of the molecule is C/C=C(\C)C(=O)O[C@H]1[C@H](OC(C)=O)[C@@]2(CO)C(CC1(C)C)C1=CCC3[C@@]4(C)CC[C@H](OC5O[C@H](C(=O)O)[C@@H](O[C@@H]6O[C@H](CO)[C@@H](O)[C@H](O)[C@H]6O)[C@H](O)[C@H]5O[C@@H]5O[C@H](CO)[C@@H](O)[C@H](O)[C@H]5O)[C@](C)(CO)C4CC[C@@]3(C)[C@]1(C)C[C@H]2O. The van der Waals surface area contributed by atoms with Crippen molar-refractivity contribution in [1.29, 1.82) is 0 Å². The third-order valence-electron chi connectivity index (χ3n) is 21.1. The summed E-state index contributed by atoms with van der Waals surface area (Å²) < 4.78 is 48.2. The van der Waals surface area contributed by atoms with Gasteiger partial charge < -0.3 is 104 Å². The Morgan fingerprint density at radius 3 is 1.76 bits per heavy atom. The maximum atomic E-state index is 13.4. The highest BCUT2D eigenvalue weighted by atomic mass is 16.8. The van der Waals surface area contributed by atoms with Crippen molar-refractivity contribution in [2.24, 2.45) is 50.2 Å². The molecule has 8 rings (SSSR count). The zero-order chi connectivity index (χ0) is 58.4. The van der Waals surface area contributed by atoms with Crippen molar-refractivity contribution in [3.05, 3.63) is 23.3 Å². The summed E-state index contributed by atoms with van der Waals surface area (Å²) in [7, 11) is 0. The monoisotopic (exact) mass is 1130 g/mol. The van der Waals surface area contributed by atoms with E-state index in [1.54, 1.807) is 19.9 Å². The molecule has 4 saturated carbocycles. The maximum Gasteiger partial charge on any atom is 0.335 e. The summed E-state index contributed by atoms with van der Waals surface area (Å²) in [6.07, 6.45) is -26.5. The number of fused-ring (bicyclic) bond motifs is 7. The van der Waals surface area contributed by atoms with E-state index in [0.717, 1.165) is 5.57 Å². The van der Waals surface area contributed by atoms with Crippen LogP contribution in [0, 0.1) is 50.2 Å². The molecule has 24 heteroatoms. The van der Waals surface area contributed by atoms with Gasteiger partial charge in [0.25, 0.3) is 0 Å². The van der Waals surface area contributed by atoms with Crippen LogP contribution >= 0.6 is 0 Å². The molecule has 450 valence electrons. The predicted octanol–water partition coefficient (Wildman–Crippen LogP) is -1.32. The number of aliphatic carboxylic acids is 1. The fraction of sp³-hybridized carbons (Fsp3) is 0.873. The zero-order valence-electron chi connectivity index (χ0n) is 46.4. The van der Waals surface area contributed by atoms with Gasteiger partial charge in [0.05, 0.1) is 44.1 Å². The second-order valence-corrected chi connectivity index (χ2v) is 25.5. The lowest BCUT2D eigenvalue weighted by atomic mass is 9.33. The van der Waals surface area contributed by atoms with E-state index in [2.05, 4.69) is 26.8 Å². The van der Waals surface area contributed by atoms with Gasteiger partial charge in [0.2, 0.25) is 0 Å². The molecule has 0 spiro atoms. The molecule has 0 amide bonds. The lowest BCUT2D eigenvalue weighted by Gasteiger charge is -2.72. The molecule has 4 unspecified atom stereocenters. The van der Waals surface area contributed by atoms with Gasteiger partial charge in [-0.25, -0.2) is 9.59 Å². The van der Waals surface area contributed by atoms with E-state index in [4.69, 9.17) is 37.9 Å². The average Bonchev–Trinajstić information content (AvgIpc) is 3.25. The second-order valence-electron chi connectivity index (χ2n) is 25.5. The van der Waals surface area contributed by atoms with Gasteiger partial charge in [-0.2, -0.15) is 0 Å². The van der Waals surface area contributed by atoms with E-state index in [-0.39, 0.29) is 24.7 Å². The molecule has 0 aromatic carbocycles. The topological polar surface area (TPSA) is 388 Å². The van der Waals surface area contributed by atoms with Crippen molar-refractivity contribution in [1.82, 2.24) is 0 Å². The number of esters is 2. The van der Waals surface area contributed by atoms with Gasteiger partial charge in [-0.15, -0.1) is 0 Å². The van der Waals surface area contributed by atoms with Gasteiger partial charge >= 0.3 is 17.9 Å². The van der Waals surface area contributed by atoms with Crippen LogP contribution in [0.3, 0.4) is 0 Å². The van der Waals surface area contributed by atoms with E-state index < -0.39 is 199 Å². The highest BCUT2D eigenvalue weighted by Gasteiger charge is 2.74. The minimum absolute atomic E-state index is 0.0849. The summed E-state index contributed by atoms with van der Waals surface area (Å²) in [4.78, 5) is 39.5. The Morgan fingerprint density at radius 1 is 0.658 bits per heavy atom. The Kier molecular flexibility index (Phi) is 17.8. The average molecular weight is 1130 g/mol. The molecule has 0 bridgehead atoms. The van der Waals surface area contributed by atoms with Crippen molar-refractivity contribution < 1.29 is 119 Å². The molecule has 79 heavy (non-hydrogen) atoms. The predicted molar refractivity (Wildman–Crippen MR) is 269 cm³/mol. The second kappa shape index (κ2) is 22.6. The van der Waals surface area contributed by atoms with Crippen molar-refractivity contribution in [2.75, 3.05) is 26.4 Å². The minimum atomic E-state index is -2.18. The largest absolute Gasteiger partial charge is 0.479 e. The van der Waals surface area contributed by atoms with Crippen LogP contribution < -0.4 is 0 Å². The molecular formula is C55H86O24. The van der Waals surface area contributed by atoms with E-state index >= 15 is 0 Å². The highest BCUT2D eigenvalue weighted by molar-refractivity contribution is 5.87. The van der Waals surface area contributed by atoms with Crippen LogP contribution in [-0.2, 0) is 52.3 Å². The summed E-state index contributed by atoms with van der Waals surface area (Å²) >= 11 is 0. The minimum Gasteiger partial charge on any atom is -0.479 e. The summed E-state index contributed by atoms with van der Waals surface area (Å²) in [5.41, 5.74) is -3.78. The number of carboxylic acids is 1. The van der Waals surface area contributed by atoms with Gasteiger partial charge in [0.1, 0.15) is 79.4 Å². The molecule has 24 nitrogen and oxygen atoms in total. The van der Waals surface area contributed by atoms with Crippen LogP contribution in [0.1, 0.15) is 107 Å². The van der Waals surface area contributed by atoms with Crippen LogP contribution in [0.2, 0.25) is 0 Å². The fourth-order valence-electron chi connectivity index (χ4n) is 16.2. The number of aliphatic hydroxyl groups is 12. The Labute approximate surface area is 459 Å². The van der Waals surface area contributed by atoms with E-state index in [9.17, 15) is 80.8 Å². The van der Waals surface area contributed by atoms with Gasteiger partial charge in [0, 0.05) is 23.3 Å². The van der Waals surface area contributed by atoms with Crippen molar-refractivity contribution >= 4 is 17.9 Å². The molecule has 3 saturated heterocycles. The molecule has 0 radical (unpaired) electrons. The Bertz CT molecular complexity index is 2290. The lowest BCUT2D eigenvalue weighted by Crippen LogP contribution is -2.72. The number of hydrogen-bond donors (Lipinski definition) is 13. The van der Waals surface area contributed by atoms with Crippen LogP contribution in [0.5, 0.6) is 0 Å². The van der Waals surface area contributed by atoms with Gasteiger partial charge in [-0.1, -0.05) is 59.3 Å². The number of carbonyl (C=O) groups excluding carboxylic acids is 2. The molecular weight excluding hydrogens is 1040 g/mol. The molecule has 7 fully saturated rings. The number of allylic oxidation sites excluding steroid dienone is 3. The van der Waals surface area contributed by atoms with Crippen molar-refractivity contribution in [2.45, 2.75) is 224 Å². The van der Waals surface area contributed by atoms with E-state index in [1.807, 2.05) is 20.8 Å². The molecule has 0 aromatic rings. The third kappa shape index (κ3) is 9.94. The summed E-state index contributed by atoms with van der Waals surface area (Å²) in [6.45, 7) is 14.1. The summed E-state index contributed by atoms with van der Waals surface area (Å²) in [5, 5.41) is 143. The first-order valence-corrected chi connectivity index (χ1v) is 27.7. The Hall–Kier alpha value is -2.83. The number of aliphatic hydroxyl groups excluding tert-OH is 12. The fourth-order valence-corrected chi connectivity index (χ4v) is 16.2. The summed E-state index contributed by atoms with van der Waals surface area (Å²) in [5.74, 6) is -3.88. The third-order valence-corrected chi connectivity index (χ3v) is 21.1. The Balaban J connectivity index is 1.12. The molecule has 3 aliphatic heterocycles. The van der Waals surface area contributed by atoms with E-state index in [1.165, 1.54) is 6.92 Å². The molecule has 5 aliphatic carbocycles. The molecule has 3 heterocycles. The van der Waals surface area contributed by atoms with Crippen LogP contribution in [-0.4, -0.2) is 227 Å². The van der Waals surface area contributed by atoms with Gasteiger partial charge in [0.15, 0.2) is 25.0 Å². The normalized spacial score (nSPS) is 50.6. The molecule has 0 aromatic heterocycles. The van der Waals surface area contributed by atoms with Gasteiger partial charge in [-0.05, 0) is 92.8 Å². The smallest absolute Gasteiger partial charge is 0.335 e. The first-order valence-electron chi connectivity index (χ1n) is 27.7. The quantitative estimate of drug-likeness (QED) is 0.0415. The molecule has 13 N–H and O–H groups in total. The maximum absolute atomic E-state index is 13.4. The van der Waals surface area contributed by atoms with Gasteiger partial charge in [-0.3, -0.25) is 4.79 Å². The first-order chi connectivity index (χ1) is 36.9. The number of rotatable bonds is 14. The zero-order valence-corrected chi connectivity index (χ0v) is 46.4. The van der Waals surface area contributed by atoms with Crippen LogP contribution in [0.25, 0.3) is 0 Å². The van der Waals surface area contributed by atoms with Crippen molar-refractivity contribution in [3.8, 4) is 0 Å². The number of carbonyl (C=O) groups is 3. The summed E-state index contributed by atoms with van der Waals surface area (Å²) in [6, 6.07) is 0. The van der Waals surface area contributed by atoms with Crippen LogP contribution in [0.4, 0.5) is 0 Å². The first kappa shape index (κ1) is 62.2. The van der Waals surface area contributed by atoms with E-state index in [0.29, 0.717) is 37.7 Å². The highest BCUT2D eigenvalue weighted by Crippen LogP contribution is 2.76. The van der Waals surface area contributed by atoms with Crippen molar-refractivity contribution in [3.63, 3.8) is 0 Å². The number of ether oxygens (including phenoxy) is 8. The number of hydrogen-bond acceptors (Lipinski definition) is 23.